The van der Waals surface area contributed by atoms with Gasteiger partial charge in [-0.3, -0.25) is 4.79 Å². The predicted octanol–water partition coefficient (Wildman–Crippen LogP) is 7.12. The van der Waals surface area contributed by atoms with Crippen LogP contribution in [0.15, 0.2) is 11.6 Å². The third-order valence-corrected chi connectivity index (χ3v) is 10.3. The highest BCUT2D eigenvalue weighted by molar-refractivity contribution is 7.84. The van der Waals surface area contributed by atoms with E-state index in [4.69, 9.17) is 23.0 Å². The van der Waals surface area contributed by atoms with Crippen LogP contribution in [-0.4, -0.2) is 22.1 Å². The molecular weight excluding hydrogens is 412 g/mol. The maximum absolute atomic E-state index is 13.0. The second kappa shape index (κ2) is 8.89. The lowest BCUT2D eigenvalue weighted by Gasteiger charge is -2.40. The molecule has 174 valence electrons. The number of carbonyl (C=O) groups is 1. The molecule has 0 radical (unpaired) electrons. The lowest BCUT2D eigenvalue weighted by Crippen LogP contribution is -2.38. The summed E-state index contributed by atoms with van der Waals surface area (Å²) in [6.45, 7) is 2.17. The molecule has 5 aliphatic rings. The minimum absolute atomic E-state index is 0.270. The maximum Gasteiger partial charge on any atom is 0.136 e. The molecule has 0 saturated heterocycles. The van der Waals surface area contributed by atoms with Gasteiger partial charge in [-0.05, 0) is 81.0 Å². The fraction of sp³-hybridized carbons (Fsp3) is 0.786. The van der Waals surface area contributed by atoms with Gasteiger partial charge in [-0.15, -0.1) is 0 Å². The first kappa shape index (κ1) is 22.6. The van der Waals surface area contributed by atoms with Gasteiger partial charge in [0.1, 0.15) is 5.78 Å². The lowest BCUT2D eigenvalue weighted by molar-refractivity contribution is -0.127. The monoisotopic (exact) mass is 452 g/mol. The molecule has 5 aliphatic carbocycles. The first-order valence-corrected chi connectivity index (χ1v) is 13.7. The van der Waals surface area contributed by atoms with E-state index in [-0.39, 0.29) is 11.3 Å². The van der Waals surface area contributed by atoms with Crippen molar-refractivity contribution in [1.29, 1.82) is 10.8 Å². The molecule has 4 heteroatoms. The van der Waals surface area contributed by atoms with Crippen molar-refractivity contribution >= 4 is 34.3 Å². The molecule has 0 aliphatic heterocycles. The van der Waals surface area contributed by atoms with Gasteiger partial charge in [0.05, 0.1) is 16.3 Å². The quantitative estimate of drug-likeness (QED) is 0.234. The molecule has 5 rings (SSSR count). The van der Waals surface area contributed by atoms with Crippen molar-refractivity contribution in [3.05, 3.63) is 11.6 Å². The van der Waals surface area contributed by atoms with E-state index in [2.05, 4.69) is 13.0 Å². The smallest absolute Gasteiger partial charge is 0.136 e. The molecule has 7 unspecified atom stereocenters. The number of rotatable bonds is 8. The average molecular weight is 453 g/mol. The molecule has 0 aromatic carbocycles. The van der Waals surface area contributed by atoms with Gasteiger partial charge in [-0.2, -0.15) is 0 Å². The Bertz CT molecular complexity index is 857. The Morgan fingerprint density at radius 1 is 1.06 bits per heavy atom. The largest absolute Gasteiger partial charge is 0.304 e. The van der Waals surface area contributed by atoms with Crippen LogP contribution in [0.4, 0.5) is 0 Å². The Morgan fingerprint density at radius 2 is 1.84 bits per heavy atom. The zero-order valence-electron chi connectivity index (χ0n) is 19.8. The summed E-state index contributed by atoms with van der Waals surface area (Å²) in [5, 5.41) is 17.5. The summed E-state index contributed by atoms with van der Waals surface area (Å²) in [6.07, 6.45) is 17.9. The molecule has 0 aromatic rings. The van der Waals surface area contributed by atoms with Crippen LogP contribution in [0.1, 0.15) is 96.8 Å². The van der Waals surface area contributed by atoms with E-state index in [1.165, 1.54) is 57.8 Å². The second-order valence-corrected chi connectivity index (χ2v) is 12.4. The molecule has 2 bridgehead atoms. The van der Waals surface area contributed by atoms with Crippen LogP contribution in [0.2, 0.25) is 0 Å². The number of allylic oxidation sites excluding steroid dienone is 2. The van der Waals surface area contributed by atoms with E-state index >= 15 is 0 Å². The average Bonchev–Trinajstić information content (AvgIpc) is 3.04. The highest BCUT2D eigenvalue weighted by Gasteiger charge is 2.50. The Balaban J connectivity index is 1.14. The number of Topliss-reactive ketones (excluding diaryl/α,β-unsaturated/α-hetero) is 1. The molecule has 2 N–H and O–H groups in total. The molecule has 4 saturated carbocycles. The maximum atomic E-state index is 13.0. The van der Waals surface area contributed by atoms with Gasteiger partial charge >= 0.3 is 0 Å². The van der Waals surface area contributed by atoms with Gasteiger partial charge < -0.3 is 10.8 Å². The summed E-state index contributed by atoms with van der Waals surface area (Å²) in [4.78, 5) is 13.5. The zero-order valence-corrected chi connectivity index (χ0v) is 20.6. The van der Waals surface area contributed by atoms with Crippen LogP contribution in [0.25, 0.3) is 0 Å². The topological polar surface area (TPSA) is 64.8 Å². The number of carbonyl (C=O) groups excluding carboxylic acids is 1. The summed E-state index contributed by atoms with van der Waals surface area (Å²) < 4.78 is 0. The SMILES string of the molecule is CC1(C(=N)C(=S)C(=N)CCCC(=O)C2CCCC3CCCCC32)C=C2CC3CC(CC23)C1. The minimum Gasteiger partial charge on any atom is -0.304 e. The highest BCUT2D eigenvalue weighted by Crippen LogP contribution is 2.59. The summed E-state index contributed by atoms with van der Waals surface area (Å²) in [7, 11) is 0. The number of hydrogen-bond acceptors (Lipinski definition) is 4. The molecule has 32 heavy (non-hydrogen) atoms. The molecule has 3 nitrogen and oxygen atoms in total. The van der Waals surface area contributed by atoms with Crippen LogP contribution in [0.3, 0.4) is 0 Å². The Labute approximate surface area is 199 Å². The van der Waals surface area contributed by atoms with Crippen LogP contribution < -0.4 is 0 Å². The number of hydrogen-bond donors (Lipinski definition) is 2. The Morgan fingerprint density at radius 3 is 2.69 bits per heavy atom. The summed E-state index contributed by atoms with van der Waals surface area (Å²) in [5.41, 5.74) is 2.12. The van der Waals surface area contributed by atoms with E-state index in [1.807, 2.05) is 0 Å². The van der Waals surface area contributed by atoms with E-state index in [0.717, 1.165) is 30.6 Å². The van der Waals surface area contributed by atoms with Crippen molar-refractivity contribution in [3.8, 4) is 0 Å². The Hall–Kier alpha value is -1.16. The van der Waals surface area contributed by atoms with Gasteiger partial charge in [0.15, 0.2) is 0 Å². The van der Waals surface area contributed by atoms with Gasteiger partial charge in [0.25, 0.3) is 0 Å². The number of thiocarbonyl (C=S) groups is 1. The van der Waals surface area contributed by atoms with Crippen molar-refractivity contribution < 1.29 is 4.79 Å². The van der Waals surface area contributed by atoms with Gasteiger partial charge in [0.2, 0.25) is 0 Å². The normalized spacial score (nSPS) is 39.8. The zero-order chi connectivity index (χ0) is 22.5. The molecule has 0 amide bonds. The molecule has 0 spiro atoms. The summed E-state index contributed by atoms with van der Waals surface area (Å²) in [5.74, 6) is 4.51. The summed E-state index contributed by atoms with van der Waals surface area (Å²) in [6, 6.07) is 0. The van der Waals surface area contributed by atoms with E-state index in [0.29, 0.717) is 53.2 Å². The fourth-order valence-electron chi connectivity index (χ4n) is 8.28. The molecule has 0 aromatic heterocycles. The first-order chi connectivity index (χ1) is 15.4. The van der Waals surface area contributed by atoms with Crippen LogP contribution in [0, 0.1) is 51.7 Å². The minimum atomic E-state index is -0.308. The number of ketones is 1. The third-order valence-electron chi connectivity index (χ3n) is 9.89. The first-order valence-electron chi connectivity index (χ1n) is 13.3. The molecule has 0 heterocycles. The summed E-state index contributed by atoms with van der Waals surface area (Å²) >= 11 is 5.65. The van der Waals surface area contributed by atoms with E-state index < -0.39 is 0 Å². The molecule has 7 atom stereocenters. The fourth-order valence-corrected chi connectivity index (χ4v) is 8.61. The van der Waals surface area contributed by atoms with E-state index in [9.17, 15) is 4.79 Å². The van der Waals surface area contributed by atoms with Gasteiger partial charge in [-0.25, -0.2) is 0 Å². The van der Waals surface area contributed by atoms with Gasteiger partial charge in [-0.1, -0.05) is 62.9 Å². The van der Waals surface area contributed by atoms with Crippen LogP contribution >= 0.6 is 12.2 Å². The van der Waals surface area contributed by atoms with Crippen molar-refractivity contribution in [3.63, 3.8) is 0 Å². The third kappa shape index (κ3) is 4.10. The van der Waals surface area contributed by atoms with Crippen LogP contribution in [-0.2, 0) is 4.79 Å². The lowest BCUT2D eigenvalue weighted by atomic mass is 9.64. The second-order valence-electron chi connectivity index (χ2n) is 12.0. The van der Waals surface area contributed by atoms with Crippen molar-refractivity contribution in [2.24, 2.45) is 40.9 Å². The van der Waals surface area contributed by atoms with Crippen molar-refractivity contribution in [1.82, 2.24) is 0 Å². The highest BCUT2D eigenvalue weighted by atomic mass is 32.1. The van der Waals surface area contributed by atoms with Gasteiger partial charge in [0, 0.05) is 17.8 Å². The Kier molecular flexibility index (Phi) is 6.28. The molecule has 4 fully saturated rings. The molecular formula is C28H40N2OS. The number of fused-ring (bicyclic) bond motifs is 2. The van der Waals surface area contributed by atoms with E-state index in [1.54, 1.807) is 5.57 Å². The standard InChI is InChI=1S/C28H40N2OS/c1-28(15-17-12-19-14-20(16-28)23(19)13-17)27(30)26(32)24(29)10-5-11-25(31)22-9-4-7-18-6-2-3-8-21(18)22/h16-19,21-23,29-30H,2-15H2,1H3. The van der Waals surface area contributed by atoms with Crippen molar-refractivity contribution in [2.45, 2.75) is 96.8 Å². The van der Waals surface area contributed by atoms with Crippen molar-refractivity contribution in [2.75, 3.05) is 0 Å². The number of nitrogens with one attached hydrogen (secondary N) is 2. The van der Waals surface area contributed by atoms with Crippen LogP contribution in [0.5, 0.6) is 0 Å². The predicted molar refractivity (Wildman–Crippen MR) is 135 cm³/mol.